The summed E-state index contributed by atoms with van der Waals surface area (Å²) >= 11 is 0. The van der Waals surface area contributed by atoms with E-state index in [1.54, 1.807) is 21.0 Å². The molecule has 0 aromatic carbocycles. The van der Waals surface area contributed by atoms with Gasteiger partial charge in [0.1, 0.15) is 6.04 Å². The van der Waals surface area contributed by atoms with Crippen LogP contribution in [0.2, 0.25) is 0 Å². The van der Waals surface area contributed by atoms with Crippen molar-refractivity contribution in [3.63, 3.8) is 0 Å². The summed E-state index contributed by atoms with van der Waals surface area (Å²) < 4.78 is 27.5. The van der Waals surface area contributed by atoms with Gasteiger partial charge in [0.2, 0.25) is 5.91 Å². The van der Waals surface area contributed by atoms with Gasteiger partial charge in [-0.05, 0) is 0 Å². The van der Waals surface area contributed by atoms with E-state index in [0.29, 0.717) is 26.2 Å². The summed E-state index contributed by atoms with van der Waals surface area (Å²) in [5.41, 5.74) is 0. The van der Waals surface area contributed by atoms with Gasteiger partial charge >= 0.3 is 0 Å². The molecule has 0 spiro atoms. The number of hydrogen-bond donors (Lipinski definition) is 2. The highest BCUT2D eigenvalue weighted by molar-refractivity contribution is 7.87. The molecule has 2 N–H and O–H groups in total. The van der Waals surface area contributed by atoms with Gasteiger partial charge in [-0.25, -0.2) is 4.72 Å². The lowest BCUT2D eigenvalue weighted by Gasteiger charge is -2.35. The van der Waals surface area contributed by atoms with Crippen molar-refractivity contribution in [2.75, 3.05) is 40.3 Å². The summed E-state index contributed by atoms with van der Waals surface area (Å²) in [5, 5.41) is 3.03. The van der Waals surface area contributed by atoms with Crippen molar-refractivity contribution in [1.82, 2.24) is 19.2 Å². The molecule has 1 saturated heterocycles. The number of amides is 1. The van der Waals surface area contributed by atoms with E-state index < -0.39 is 16.3 Å². The average molecular weight is 264 g/mol. The highest BCUT2D eigenvalue weighted by Crippen LogP contribution is 2.10. The molecule has 7 nitrogen and oxygen atoms in total. The Hall–Kier alpha value is -0.700. The van der Waals surface area contributed by atoms with Crippen LogP contribution in [0.5, 0.6) is 0 Å². The van der Waals surface area contributed by atoms with E-state index in [-0.39, 0.29) is 5.91 Å². The number of likely N-dealkylation sites (N-methyl/N-ethyl adjacent to an activating group) is 1. The van der Waals surface area contributed by atoms with Crippen LogP contribution in [-0.4, -0.2) is 69.8 Å². The van der Waals surface area contributed by atoms with Crippen LogP contribution in [0.1, 0.15) is 6.92 Å². The Morgan fingerprint density at radius 3 is 2.71 bits per heavy atom. The monoisotopic (exact) mass is 264 g/mol. The number of nitrogens with zero attached hydrogens (tertiary/aromatic N) is 2. The van der Waals surface area contributed by atoms with Crippen LogP contribution in [0.25, 0.3) is 0 Å². The molecule has 0 bridgehead atoms. The molecule has 0 aliphatic carbocycles. The van der Waals surface area contributed by atoms with Crippen LogP contribution in [0.3, 0.4) is 0 Å². The first kappa shape index (κ1) is 14.4. The van der Waals surface area contributed by atoms with E-state index in [1.807, 2.05) is 0 Å². The van der Waals surface area contributed by atoms with Gasteiger partial charge in [0.15, 0.2) is 0 Å². The van der Waals surface area contributed by atoms with Crippen molar-refractivity contribution < 1.29 is 13.2 Å². The predicted molar refractivity (Wildman–Crippen MR) is 64.7 cm³/mol. The molecule has 17 heavy (non-hydrogen) atoms. The van der Waals surface area contributed by atoms with Gasteiger partial charge < -0.3 is 10.2 Å². The highest BCUT2D eigenvalue weighted by Gasteiger charge is 2.36. The second kappa shape index (κ2) is 5.76. The molecule has 1 fully saturated rings. The van der Waals surface area contributed by atoms with Crippen molar-refractivity contribution in [2.24, 2.45) is 0 Å². The first-order chi connectivity index (χ1) is 7.90. The number of rotatable bonds is 4. The zero-order valence-corrected chi connectivity index (χ0v) is 11.2. The molecular weight excluding hydrogens is 244 g/mol. The minimum absolute atomic E-state index is 0.210. The summed E-state index contributed by atoms with van der Waals surface area (Å²) in [6.07, 6.45) is 0. The number of carbonyl (C=O) groups is 1. The molecular formula is C9H20N4O3S. The summed E-state index contributed by atoms with van der Waals surface area (Å²) in [6.45, 7) is 3.24. The van der Waals surface area contributed by atoms with Crippen molar-refractivity contribution >= 4 is 16.1 Å². The number of nitrogens with one attached hydrogen (secondary N) is 2. The van der Waals surface area contributed by atoms with Crippen molar-refractivity contribution in [2.45, 2.75) is 13.0 Å². The smallest absolute Gasteiger partial charge is 0.280 e. The minimum Gasteiger partial charge on any atom is -0.347 e. The van der Waals surface area contributed by atoms with E-state index in [9.17, 15) is 13.2 Å². The largest absolute Gasteiger partial charge is 0.347 e. The fourth-order valence-corrected chi connectivity index (χ4v) is 3.11. The molecule has 0 saturated carbocycles. The molecule has 1 atom stereocenters. The molecule has 0 radical (unpaired) electrons. The Bertz CT molecular complexity index is 368. The van der Waals surface area contributed by atoms with E-state index in [4.69, 9.17) is 0 Å². The summed E-state index contributed by atoms with van der Waals surface area (Å²) in [5.74, 6) is -0.210. The maximum absolute atomic E-state index is 11.9. The molecule has 1 amide bonds. The SMILES string of the molecule is CCNS(=O)(=O)N1CCNCC1C(=O)N(C)C. The van der Waals surface area contributed by atoms with Gasteiger partial charge in [-0.1, -0.05) is 6.92 Å². The third-order valence-corrected chi connectivity index (χ3v) is 4.26. The second-order valence-electron chi connectivity index (χ2n) is 4.07. The molecule has 8 heteroatoms. The van der Waals surface area contributed by atoms with Crippen LogP contribution in [-0.2, 0) is 15.0 Å². The molecule has 0 aromatic heterocycles. The average Bonchev–Trinajstić information content (AvgIpc) is 2.28. The standard InChI is InChI=1S/C9H20N4O3S/c1-4-11-17(15,16)13-6-5-10-7-8(13)9(14)12(2)3/h8,10-11H,4-7H2,1-3H3. The van der Waals surface area contributed by atoms with Crippen LogP contribution in [0.15, 0.2) is 0 Å². The normalized spacial score (nSPS) is 22.4. The highest BCUT2D eigenvalue weighted by atomic mass is 32.2. The number of carbonyl (C=O) groups excluding carboxylic acids is 1. The summed E-state index contributed by atoms with van der Waals surface area (Å²) in [4.78, 5) is 13.3. The summed E-state index contributed by atoms with van der Waals surface area (Å²) in [6, 6.07) is -0.664. The Labute approximate surface area is 102 Å². The minimum atomic E-state index is -3.57. The van der Waals surface area contributed by atoms with E-state index in [2.05, 4.69) is 10.0 Å². The maximum atomic E-state index is 11.9. The van der Waals surface area contributed by atoms with E-state index in [1.165, 1.54) is 9.21 Å². The fourth-order valence-electron chi connectivity index (χ4n) is 1.75. The third-order valence-electron chi connectivity index (χ3n) is 2.56. The number of piperazine rings is 1. The van der Waals surface area contributed by atoms with Crippen molar-refractivity contribution in [3.05, 3.63) is 0 Å². The topological polar surface area (TPSA) is 81.8 Å². The van der Waals surface area contributed by atoms with Crippen LogP contribution < -0.4 is 10.0 Å². The molecule has 1 rings (SSSR count). The number of hydrogen-bond acceptors (Lipinski definition) is 4. The van der Waals surface area contributed by atoms with Crippen LogP contribution in [0.4, 0.5) is 0 Å². The van der Waals surface area contributed by atoms with Gasteiger partial charge in [-0.15, -0.1) is 0 Å². The van der Waals surface area contributed by atoms with Crippen molar-refractivity contribution in [3.8, 4) is 0 Å². The Kier molecular flexibility index (Phi) is 4.87. The third kappa shape index (κ3) is 3.38. The van der Waals surface area contributed by atoms with Gasteiger partial charge in [0.05, 0.1) is 0 Å². The lowest BCUT2D eigenvalue weighted by atomic mass is 10.2. The second-order valence-corrected chi connectivity index (χ2v) is 5.77. The fraction of sp³-hybridized carbons (Fsp3) is 0.889. The van der Waals surface area contributed by atoms with Gasteiger partial charge in [0.25, 0.3) is 10.2 Å². The Balaban J connectivity index is 2.90. The lowest BCUT2D eigenvalue weighted by Crippen LogP contribution is -2.61. The summed E-state index contributed by atoms with van der Waals surface area (Å²) in [7, 11) is -0.325. The lowest BCUT2D eigenvalue weighted by molar-refractivity contribution is -0.133. The van der Waals surface area contributed by atoms with E-state index in [0.717, 1.165) is 0 Å². The van der Waals surface area contributed by atoms with Crippen molar-refractivity contribution in [1.29, 1.82) is 0 Å². The van der Waals surface area contributed by atoms with Crippen LogP contribution in [0, 0.1) is 0 Å². The molecule has 0 aromatic rings. The molecule has 1 aliphatic rings. The predicted octanol–water partition coefficient (Wildman–Crippen LogP) is -1.80. The van der Waals surface area contributed by atoms with Crippen LogP contribution >= 0.6 is 0 Å². The Morgan fingerprint density at radius 2 is 2.18 bits per heavy atom. The molecule has 1 aliphatic heterocycles. The first-order valence-corrected chi connectivity index (χ1v) is 7.02. The quantitative estimate of drug-likeness (QED) is 0.628. The zero-order chi connectivity index (χ0) is 13.1. The molecule has 1 heterocycles. The van der Waals surface area contributed by atoms with Gasteiger partial charge in [-0.3, -0.25) is 4.79 Å². The van der Waals surface area contributed by atoms with Gasteiger partial charge in [0, 0.05) is 40.3 Å². The van der Waals surface area contributed by atoms with E-state index >= 15 is 0 Å². The first-order valence-electron chi connectivity index (χ1n) is 5.58. The Morgan fingerprint density at radius 1 is 1.53 bits per heavy atom. The molecule has 1 unspecified atom stereocenters. The van der Waals surface area contributed by atoms with Gasteiger partial charge in [-0.2, -0.15) is 12.7 Å². The zero-order valence-electron chi connectivity index (χ0n) is 10.4. The maximum Gasteiger partial charge on any atom is 0.280 e. The molecule has 100 valence electrons.